The number of para-hydroxylation sites is 2. The molecule has 0 fully saturated rings. The summed E-state index contributed by atoms with van der Waals surface area (Å²) < 4.78 is 11.2. The zero-order valence-corrected chi connectivity index (χ0v) is 12.0. The summed E-state index contributed by atoms with van der Waals surface area (Å²) in [6.07, 6.45) is -0.175. The summed E-state index contributed by atoms with van der Waals surface area (Å²) in [5, 5.41) is 3.28. The average Bonchev–Trinajstić information content (AvgIpc) is 2.49. The minimum atomic E-state index is -0.175. The van der Waals surface area contributed by atoms with E-state index in [1.54, 1.807) is 7.11 Å². The molecule has 2 aromatic carbocycles. The fourth-order valence-electron chi connectivity index (χ4n) is 2.20. The summed E-state index contributed by atoms with van der Waals surface area (Å²) in [5.74, 6) is 2.21. The minimum absolute atomic E-state index is 0.175. The number of hydrogen-bond donors (Lipinski definition) is 2. The van der Waals surface area contributed by atoms with Gasteiger partial charge in [0.1, 0.15) is 23.0 Å². The van der Waals surface area contributed by atoms with Crippen molar-refractivity contribution in [1.82, 2.24) is 0 Å². The molecule has 0 spiro atoms. The number of benzene rings is 2. The fraction of sp³-hybridized carbons (Fsp3) is 0.188. The van der Waals surface area contributed by atoms with E-state index in [0.29, 0.717) is 5.69 Å². The fourth-order valence-corrected chi connectivity index (χ4v) is 2.20. The molecule has 1 heterocycles. The van der Waals surface area contributed by atoms with Crippen LogP contribution in [0.2, 0.25) is 0 Å². The zero-order chi connectivity index (χ0) is 14.8. The van der Waals surface area contributed by atoms with E-state index in [1.807, 2.05) is 49.4 Å². The third-order valence-electron chi connectivity index (χ3n) is 3.28. The van der Waals surface area contributed by atoms with E-state index in [2.05, 4.69) is 10.3 Å². The third kappa shape index (κ3) is 2.63. The highest BCUT2D eigenvalue weighted by atomic mass is 16.5. The van der Waals surface area contributed by atoms with E-state index in [9.17, 15) is 0 Å². The van der Waals surface area contributed by atoms with Crippen LogP contribution in [-0.2, 0) is 0 Å². The Hall–Kier alpha value is -2.69. The topological polar surface area (TPSA) is 68.9 Å². The van der Waals surface area contributed by atoms with Crippen LogP contribution >= 0.6 is 0 Å². The Morgan fingerprint density at radius 3 is 2.86 bits per heavy atom. The lowest BCUT2D eigenvalue weighted by molar-refractivity contribution is 0.283. The Labute approximate surface area is 123 Å². The van der Waals surface area contributed by atoms with Crippen LogP contribution in [0, 0.1) is 0 Å². The van der Waals surface area contributed by atoms with E-state index in [4.69, 9.17) is 15.2 Å². The number of fused-ring (bicyclic) bond motifs is 1. The van der Waals surface area contributed by atoms with Crippen LogP contribution in [-0.4, -0.2) is 19.0 Å². The minimum Gasteiger partial charge on any atom is -0.494 e. The van der Waals surface area contributed by atoms with Gasteiger partial charge in [-0.3, -0.25) is 0 Å². The predicted molar refractivity (Wildman–Crippen MR) is 84.7 cm³/mol. The largest absolute Gasteiger partial charge is 0.494 e. The van der Waals surface area contributed by atoms with Crippen LogP contribution in [0.3, 0.4) is 0 Å². The maximum Gasteiger partial charge on any atom is 0.153 e. The second-order valence-electron chi connectivity index (χ2n) is 4.81. The van der Waals surface area contributed by atoms with Crippen molar-refractivity contribution < 1.29 is 9.47 Å². The highest BCUT2D eigenvalue weighted by Gasteiger charge is 2.22. The number of ether oxygens (including phenoxy) is 2. The molecule has 5 heteroatoms. The van der Waals surface area contributed by atoms with Crippen LogP contribution in [0.1, 0.15) is 6.92 Å². The number of nitrogens with one attached hydrogen (secondary N) is 1. The summed E-state index contributed by atoms with van der Waals surface area (Å²) in [5.41, 5.74) is 8.06. The summed E-state index contributed by atoms with van der Waals surface area (Å²) in [4.78, 5) is 4.61. The molecule has 2 aromatic rings. The molecule has 3 N–H and O–H groups in total. The number of nitrogens with two attached hydrogens (primary N) is 1. The summed E-state index contributed by atoms with van der Waals surface area (Å²) >= 11 is 0. The molecular weight excluding hydrogens is 266 g/mol. The lowest BCUT2D eigenvalue weighted by Crippen LogP contribution is -2.34. The Balaban J connectivity index is 1.97. The first-order chi connectivity index (χ1) is 10.2. The first-order valence-corrected chi connectivity index (χ1v) is 6.72. The summed E-state index contributed by atoms with van der Waals surface area (Å²) in [6, 6.07) is 13.1. The Morgan fingerprint density at radius 1 is 1.24 bits per heavy atom. The summed E-state index contributed by atoms with van der Waals surface area (Å²) in [6.45, 7) is 1.94. The monoisotopic (exact) mass is 283 g/mol. The standard InChI is InChI=1S/C16H17N3O2/c1-10-16(18-12-5-3-4-6-14(12)20-2)19-13-9-11(17)7-8-15(13)21-10/h3-10H,17H2,1-2H3,(H,18,19). The number of hydrogen-bond acceptors (Lipinski definition) is 4. The van der Waals surface area contributed by atoms with E-state index in [1.165, 1.54) is 0 Å². The van der Waals surface area contributed by atoms with Gasteiger partial charge in [0.2, 0.25) is 0 Å². The van der Waals surface area contributed by atoms with Gasteiger partial charge in [-0.2, -0.15) is 0 Å². The maximum absolute atomic E-state index is 5.86. The number of nitrogens with zero attached hydrogens (tertiary/aromatic N) is 1. The molecule has 0 amide bonds. The molecule has 108 valence electrons. The molecule has 5 nitrogen and oxygen atoms in total. The van der Waals surface area contributed by atoms with Crippen LogP contribution in [0.5, 0.6) is 11.5 Å². The van der Waals surface area contributed by atoms with Crippen molar-refractivity contribution in [3.8, 4) is 11.5 Å². The molecular formula is C16H17N3O2. The molecule has 0 bridgehead atoms. The molecule has 21 heavy (non-hydrogen) atoms. The number of amidine groups is 1. The van der Waals surface area contributed by atoms with E-state index in [0.717, 1.165) is 28.7 Å². The number of methoxy groups -OCH3 is 1. The van der Waals surface area contributed by atoms with E-state index < -0.39 is 0 Å². The molecule has 0 saturated heterocycles. The number of nitrogen functional groups attached to an aromatic ring is 1. The smallest absolute Gasteiger partial charge is 0.153 e. The van der Waals surface area contributed by atoms with Gasteiger partial charge in [0, 0.05) is 5.69 Å². The van der Waals surface area contributed by atoms with E-state index >= 15 is 0 Å². The van der Waals surface area contributed by atoms with Crippen molar-refractivity contribution in [2.45, 2.75) is 13.0 Å². The molecule has 0 aliphatic carbocycles. The second-order valence-corrected chi connectivity index (χ2v) is 4.81. The van der Waals surface area contributed by atoms with Gasteiger partial charge in [-0.05, 0) is 37.3 Å². The number of aliphatic imine (C=N–C) groups is 1. The Bertz CT molecular complexity index is 698. The van der Waals surface area contributed by atoms with Gasteiger partial charge in [0.15, 0.2) is 6.10 Å². The third-order valence-corrected chi connectivity index (χ3v) is 3.28. The van der Waals surface area contributed by atoms with Crippen molar-refractivity contribution in [2.24, 2.45) is 4.99 Å². The normalized spacial score (nSPS) is 18.6. The number of rotatable bonds is 2. The van der Waals surface area contributed by atoms with Gasteiger partial charge in [-0.25, -0.2) is 4.99 Å². The van der Waals surface area contributed by atoms with Gasteiger partial charge in [-0.15, -0.1) is 0 Å². The molecule has 0 aromatic heterocycles. The quantitative estimate of drug-likeness (QED) is 0.830. The highest BCUT2D eigenvalue weighted by molar-refractivity contribution is 6.03. The summed E-state index contributed by atoms with van der Waals surface area (Å²) in [7, 11) is 1.63. The molecule has 1 unspecified atom stereocenters. The van der Waals surface area contributed by atoms with Gasteiger partial charge in [0.25, 0.3) is 0 Å². The van der Waals surface area contributed by atoms with Crippen molar-refractivity contribution >= 4 is 22.9 Å². The average molecular weight is 283 g/mol. The second kappa shape index (κ2) is 5.36. The van der Waals surface area contributed by atoms with Gasteiger partial charge < -0.3 is 20.5 Å². The Morgan fingerprint density at radius 2 is 2.05 bits per heavy atom. The van der Waals surface area contributed by atoms with Crippen LogP contribution in [0.4, 0.5) is 17.1 Å². The molecule has 3 rings (SSSR count). The van der Waals surface area contributed by atoms with Crippen molar-refractivity contribution in [3.63, 3.8) is 0 Å². The Kier molecular flexibility index (Phi) is 3.39. The van der Waals surface area contributed by atoms with Gasteiger partial charge in [0.05, 0.1) is 12.8 Å². The van der Waals surface area contributed by atoms with Gasteiger partial charge in [-0.1, -0.05) is 12.1 Å². The zero-order valence-electron chi connectivity index (χ0n) is 12.0. The van der Waals surface area contributed by atoms with Crippen LogP contribution in [0.25, 0.3) is 0 Å². The lowest BCUT2D eigenvalue weighted by atomic mass is 10.2. The van der Waals surface area contributed by atoms with Crippen molar-refractivity contribution in [2.75, 3.05) is 18.2 Å². The van der Waals surface area contributed by atoms with Crippen LogP contribution < -0.4 is 20.5 Å². The molecule has 0 radical (unpaired) electrons. The van der Waals surface area contributed by atoms with E-state index in [-0.39, 0.29) is 6.10 Å². The maximum atomic E-state index is 5.86. The molecule has 1 aliphatic heterocycles. The first-order valence-electron chi connectivity index (χ1n) is 6.72. The molecule has 0 saturated carbocycles. The highest BCUT2D eigenvalue weighted by Crippen LogP contribution is 2.33. The molecule has 1 aliphatic rings. The SMILES string of the molecule is COc1ccccc1N=C1Nc2cc(N)ccc2OC1C. The molecule has 1 atom stereocenters. The lowest BCUT2D eigenvalue weighted by Gasteiger charge is -2.26. The number of anilines is 2. The van der Waals surface area contributed by atoms with Crippen molar-refractivity contribution in [1.29, 1.82) is 0 Å². The van der Waals surface area contributed by atoms with Crippen LogP contribution in [0.15, 0.2) is 47.5 Å². The first kappa shape index (κ1) is 13.3. The predicted octanol–water partition coefficient (Wildman–Crippen LogP) is 3.20. The van der Waals surface area contributed by atoms with Gasteiger partial charge >= 0.3 is 0 Å². The van der Waals surface area contributed by atoms with Crippen molar-refractivity contribution in [3.05, 3.63) is 42.5 Å².